The number of carbonyl (C=O) groups is 1. The molecule has 1 aliphatic rings. The number of nitrogens with two attached hydrogens (primary N) is 1. The Labute approximate surface area is 136 Å². The average Bonchev–Trinajstić information content (AvgIpc) is 3.20. The molecule has 1 aliphatic carbocycles. The number of ether oxygens (including phenoxy) is 1. The second-order valence-corrected chi connectivity index (χ2v) is 9.24. The molecule has 118 valence electrons. The van der Waals surface area contributed by atoms with Crippen LogP contribution in [0.2, 0.25) is 0 Å². The van der Waals surface area contributed by atoms with Gasteiger partial charge in [-0.05, 0) is 40.8 Å². The number of hydrogen-bond acceptors (Lipinski definition) is 6. The largest absolute Gasteiger partial charge is 0.465 e. The third kappa shape index (κ3) is 3.31. The van der Waals surface area contributed by atoms with Crippen molar-refractivity contribution in [3.8, 4) is 0 Å². The SMILES string of the molecule is COC(=O)c1cc(S(=O)(=O)N(C)C(CN)C2CC2)c(Br)s1. The van der Waals surface area contributed by atoms with Crippen LogP contribution >= 0.6 is 27.3 Å². The van der Waals surface area contributed by atoms with Crippen molar-refractivity contribution in [2.75, 3.05) is 20.7 Å². The van der Waals surface area contributed by atoms with Gasteiger partial charge in [0.1, 0.15) is 9.77 Å². The van der Waals surface area contributed by atoms with Crippen molar-refractivity contribution in [1.82, 2.24) is 4.31 Å². The monoisotopic (exact) mass is 396 g/mol. The summed E-state index contributed by atoms with van der Waals surface area (Å²) in [6, 6.07) is 1.13. The maximum absolute atomic E-state index is 12.7. The van der Waals surface area contributed by atoms with Gasteiger partial charge in [-0.2, -0.15) is 4.31 Å². The Balaban J connectivity index is 2.34. The number of hydrogen-bond donors (Lipinski definition) is 1. The lowest BCUT2D eigenvalue weighted by Gasteiger charge is -2.26. The van der Waals surface area contributed by atoms with E-state index < -0.39 is 16.0 Å². The van der Waals surface area contributed by atoms with E-state index in [1.54, 1.807) is 0 Å². The molecular weight excluding hydrogens is 380 g/mol. The van der Waals surface area contributed by atoms with Crippen LogP contribution in [0.1, 0.15) is 22.5 Å². The number of thiophene rings is 1. The normalized spacial score (nSPS) is 17.0. The lowest BCUT2D eigenvalue weighted by atomic mass is 10.2. The predicted molar refractivity (Wildman–Crippen MR) is 83.9 cm³/mol. The fraction of sp³-hybridized carbons (Fsp3) is 0.583. The number of carbonyl (C=O) groups excluding carboxylic acids is 1. The number of esters is 1. The summed E-state index contributed by atoms with van der Waals surface area (Å²) in [5, 5.41) is 0. The first kappa shape index (κ1) is 16.9. The van der Waals surface area contributed by atoms with E-state index in [1.165, 1.54) is 24.5 Å². The summed E-state index contributed by atoms with van der Waals surface area (Å²) in [5.74, 6) is -0.227. The van der Waals surface area contributed by atoms with E-state index in [0.717, 1.165) is 24.2 Å². The average molecular weight is 397 g/mol. The van der Waals surface area contributed by atoms with Gasteiger partial charge in [0.25, 0.3) is 0 Å². The summed E-state index contributed by atoms with van der Waals surface area (Å²) in [7, 11) is -0.905. The van der Waals surface area contributed by atoms with E-state index in [0.29, 0.717) is 9.70 Å². The molecule has 1 fully saturated rings. The topological polar surface area (TPSA) is 89.7 Å². The highest BCUT2D eigenvalue weighted by atomic mass is 79.9. The number of likely N-dealkylation sites (N-methyl/N-ethyl adjacent to an activating group) is 1. The molecule has 1 unspecified atom stereocenters. The van der Waals surface area contributed by atoms with Gasteiger partial charge in [0, 0.05) is 19.6 Å². The highest BCUT2D eigenvalue weighted by Crippen LogP contribution is 2.39. The van der Waals surface area contributed by atoms with Crippen molar-refractivity contribution in [1.29, 1.82) is 0 Å². The number of methoxy groups -OCH3 is 1. The van der Waals surface area contributed by atoms with Crippen molar-refractivity contribution in [2.45, 2.75) is 23.8 Å². The maximum Gasteiger partial charge on any atom is 0.348 e. The molecular formula is C12H17BrN2O4S2. The van der Waals surface area contributed by atoms with Gasteiger partial charge in [-0.3, -0.25) is 0 Å². The fourth-order valence-corrected chi connectivity index (χ4v) is 6.04. The molecule has 0 saturated heterocycles. The minimum absolute atomic E-state index is 0.0782. The zero-order valence-electron chi connectivity index (χ0n) is 11.7. The van der Waals surface area contributed by atoms with Crippen molar-refractivity contribution in [2.24, 2.45) is 11.7 Å². The smallest absolute Gasteiger partial charge is 0.348 e. The molecule has 21 heavy (non-hydrogen) atoms. The minimum atomic E-state index is -3.70. The molecule has 0 aliphatic heterocycles. The summed E-state index contributed by atoms with van der Waals surface area (Å²) in [5.41, 5.74) is 5.71. The van der Waals surface area contributed by atoms with Gasteiger partial charge in [0.2, 0.25) is 10.0 Å². The zero-order chi connectivity index (χ0) is 15.8. The second kappa shape index (κ2) is 6.33. The van der Waals surface area contributed by atoms with Crippen LogP contribution in [0, 0.1) is 5.92 Å². The lowest BCUT2D eigenvalue weighted by molar-refractivity contribution is 0.0606. The second-order valence-electron chi connectivity index (χ2n) is 4.90. The van der Waals surface area contributed by atoms with Gasteiger partial charge in [-0.25, -0.2) is 13.2 Å². The van der Waals surface area contributed by atoms with Crippen LogP contribution in [0.4, 0.5) is 0 Å². The number of halogens is 1. The van der Waals surface area contributed by atoms with E-state index in [-0.39, 0.29) is 22.4 Å². The van der Waals surface area contributed by atoms with Crippen LogP contribution in [0.25, 0.3) is 0 Å². The van der Waals surface area contributed by atoms with Crippen LogP contribution in [-0.2, 0) is 14.8 Å². The Morgan fingerprint density at radius 1 is 1.62 bits per heavy atom. The molecule has 0 aromatic carbocycles. The molecule has 6 nitrogen and oxygen atoms in total. The minimum Gasteiger partial charge on any atom is -0.465 e. The van der Waals surface area contributed by atoms with E-state index in [2.05, 4.69) is 20.7 Å². The highest BCUT2D eigenvalue weighted by molar-refractivity contribution is 9.11. The van der Waals surface area contributed by atoms with Crippen LogP contribution in [-0.4, -0.2) is 45.4 Å². The molecule has 0 amide bonds. The molecule has 1 aromatic heterocycles. The lowest BCUT2D eigenvalue weighted by Crippen LogP contribution is -2.43. The summed E-state index contributed by atoms with van der Waals surface area (Å²) in [6.45, 7) is 0.284. The van der Waals surface area contributed by atoms with Crippen LogP contribution < -0.4 is 5.73 Å². The zero-order valence-corrected chi connectivity index (χ0v) is 14.9. The maximum atomic E-state index is 12.7. The van der Waals surface area contributed by atoms with Gasteiger partial charge < -0.3 is 10.5 Å². The number of nitrogens with zero attached hydrogens (tertiary/aromatic N) is 1. The van der Waals surface area contributed by atoms with Crippen LogP contribution in [0.15, 0.2) is 14.7 Å². The Morgan fingerprint density at radius 2 is 2.24 bits per heavy atom. The predicted octanol–water partition coefficient (Wildman–Crippen LogP) is 1.65. The molecule has 2 rings (SSSR count). The summed E-state index contributed by atoms with van der Waals surface area (Å²) in [6.07, 6.45) is 2.00. The molecule has 1 atom stereocenters. The van der Waals surface area contributed by atoms with Crippen molar-refractivity contribution in [3.63, 3.8) is 0 Å². The van der Waals surface area contributed by atoms with Gasteiger partial charge in [-0.1, -0.05) is 0 Å². The first-order valence-electron chi connectivity index (χ1n) is 6.38. The van der Waals surface area contributed by atoms with E-state index in [4.69, 9.17) is 5.73 Å². The van der Waals surface area contributed by atoms with E-state index in [1.807, 2.05) is 0 Å². The molecule has 1 saturated carbocycles. The van der Waals surface area contributed by atoms with Crippen LogP contribution in [0.5, 0.6) is 0 Å². The standard InChI is InChI=1S/C12H17BrN2O4S2/c1-15(8(6-14)7-3-4-7)21(17,18)10-5-9(12(16)19-2)20-11(10)13/h5,7-8H,3-4,6,14H2,1-2H3. The molecule has 1 heterocycles. The molecule has 2 N–H and O–H groups in total. The van der Waals surface area contributed by atoms with E-state index in [9.17, 15) is 13.2 Å². The Morgan fingerprint density at radius 3 is 2.71 bits per heavy atom. The Kier molecular flexibility index (Phi) is 5.09. The molecule has 0 radical (unpaired) electrons. The summed E-state index contributed by atoms with van der Waals surface area (Å²) in [4.78, 5) is 11.8. The van der Waals surface area contributed by atoms with Gasteiger partial charge >= 0.3 is 5.97 Å². The third-order valence-electron chi connectivity index (χ3n) is 3.57. The first-order valence-corrected chi connectivity index (χ1v) is 9.43. The van der Waals surface area contributed by atoms with Crippen LogP contribution in [0.3, 0.4) is 0 Å². The molecule has 0 spiro atoms. The molecule has 1 aromatic rings. The Hall–Kier alpha value is -0.480. The summed E-state index contributed by atoms with van der Waals surface area (Å²) < 4.78 is 31.7. The van der Waals surface area contributed by atoms with Crippen molar-refractivity contribution in [3.05, 3.63) is 14.7 Å². The first-order chi connectivity index (χ1) is 9.82. The summed E-state index contributed by atoms with van der Waals surface area (Å²) >= 11 is 4.26. The van der Waals surface area contributed by atoms with Gasteiger partial charge in [-0.15, -0.1) is 11.3 Å². The molecule has 9 heteroatoms. The number of sulfonamides is 1. The highest BCUT2D eigenvalue weighted by Gasteiger charge is 2.39. The van der Waals surface area contributed by atoms with Gasteiger partial charge in [0.05, 0.1) is 10.9 Å². The van der Waals surface area contributed by atoms with Crippen molar-refractivity contribution < 1.29 is 17.9 Å². The number of rotatable bonds is 6. The van der Waals surface area contributed by atoms with Gasteiger partial charge in [0.15, 0.2) is 0 Å². The molecule has 0 bridgehead atoms. The van der Waals surface area contributed by atoms with E-state index >= 15 is 0 Å². The Bertz CT molecular complexity index is 640. The quantitative estimate of drug-likeness (QED) is 0.738. The third-order valence-corrected chi connectivity index (χ3v) is 7.69. The fourth-order valence-electron chi connectivity index (χ4n) is 2.18. The van der Waals surface area contributed by atoms with Crippen molar-refractivity contribution >= 4 is 43.3 Å².